The van der Waals surface area contributed by atoms with Gasteiger partial charge in [-0.15, -0.1) is 0 Å². The molecule has 0 saturated heterocycles. The van der Waals surface area contributed by atoms with Gasteiger partial charge in [0.1, 0.15) is 18.2 Å². The van der Waals surface area contributed by atoms with E-state index < -0.39 is 30.7 Å². The molecule has 1 N–H and O–H groups in total. The summed E-state index contributed by atoms with van der Waals surface area (Å²) >= 11 is 0. The van der Waals surface area contributed by atoms with Crippen molar-refractivity contribution in [2.45, 2.75) is 25.8 Å². The normalized spacial score (nSPS) is 13.0. The molecule has 0 bridgehead atoms. The van der Waals surface area contributed by atoms with Crippen LogP contribution in [0.25, 0.3) is 0 Å². The zero-order valence-electron chi connectivity index (χ0n) is 10.9. The van der Waals surface area contributed by atoms with Gasteiger partial charge < -0.3 is 10.1 Å². The Morgan fingerprint density at radius 1 is 1.21 bits per heavy atom. The van der Waals surface area contributed by atoms with Crippen molar-refractivity contribution in [1.29, 1.82) is 0 Å². The van der Waals surface area contributed by atoms with Crippen molar-refractivity contribution in [1.82, 2.24) is 5.32 Å². The third-order valence-electron chi connectivity index (χ3n) is 2.80. The van der Waals surface area contributed by atoms with Crippen molar-refractivity contribution >= 4 is 0 Å². The van der Waals surface area contributed by atoms with Gasteiger partial charge in [0, 0.05) is 24.3 Å². The SMILES string of the molecule is CNC(CCOCC(F)F)c1cc(C)c(F)cc1F. The third kappa shape index (κ3) is 4.80. The van der Waals surface area contributed by atoms with Gasteiger partial charge in [0.25, 0.3) is 6.43 Å². The van der Waals surface area contributed by atoms with E-state index in [-0.39, 0.29) is 6.61 Å². The van der Waals surface area contributed by atoms with Crippen LogP contribution < -0.4 is 5.32 Å². The van der Waals surface area contributed by atoms with Crippen molar-refractivity contribution in [3.63, 3.8) is 0 Å². The van der Waals surface area contributed by atoms with Gasteiger partial charge in [0.05, 0.1) is 0 Å². The molecule has 0 aliphatic heterocycles. The Morgan fingerprint density at radius 2 is 1.89 bits per heavy atom. The molecule has 0 amide bonds. The maximum atomic E-state index is 13.7. The van der Waals surface area contributed by atoms with Crippen molar-refractivity contribution in [2.75, 3.05) is 20.3 Å². The zero-order valence-corrected chi connectivity index (χ0v) is 10.9. The molecular weight excluding hydrogens is 262 g/mol. The van der Waals surface area contributed by atoms with Crippen LogP contribution in [0.4, 0.5) is 17.6 Å². The lowest BCUT2D eigenvalue weighted by Gasteiger charge is -2.18. The number of hydrogen-bond donors (Lipinski definition) is 1. The highest BCUT2D eigenvalue weighted by atomic mass is 19.3. The molecule has 0 saturated carbocycles. The van der Waals surface area contributed by atoms with E-state index in [4.69, 9.17) is 4.74 Å². The average molecular weight is 279 g/mol. The lowest BCUT2D eigenvalue weighted by atomic mass is 10.0. The summed E-state index contributed by atoms with van der Waals surface area (Å²) in [5.74, 6) is -1.26. The van der Waals surface area contributed by atoms with Gasteiger partial charge in [-0.3, -0.25) is 0 Å². The smallest absolute Gasteiger partial charge is 0.261 e. The molecule has 0 aliphatic carbocycles. The fourth-order valence-electron chi connectivity index (χ4n) is 1.78. The number of benzene rings is 1. The van der Waals surface area contributed by atoms with Gasteiger partial charge >= 0.3 is 0 Å². The molecule has 0 fully saturated rings. The molecule has 19 heavy (non-hydrogen) atoms. The van der Waals surface area contributed by atoms with Crippen LogP contribution in [0.3, 0.4) is 0 Å². The Balaban J connectivity index is 2.67. The summed E-state index contributed by atoms with van der Waals surface area (Å²) in [6, 6.07) is 1.84. The molecule has 0 aliphatic rings. The molecule has 1 aromatic rings. The Hall–Kier alpha value is -1.14. The predicted octanol–water partition coefficient (Wildman–Crippen LogP) is 3.21. The highest BCUT2D eigenvalue weighted by Crippen LogP contribution is 2.23. The molecular formula is C13H17F4NO. The van der Waals surface area contributed by atoms with E-state index in [2.05, 4.69) is 5.32 Å². The zero-order chi connectivity index (χ0) is 14.4. The fourth-order valence-corrected chi connectivity index (χ4v) is 1.78. The summed E-state index contributed by atoms with van der Waals surface area (Å²) in [6.45, 7) is 0.978. The molecule has 0 radical (unpaired) electrons. The standard InChI is InChI=1S/C13H17F4NO/c1-8-5-9(11(15)6-10(8)14)12(18-2)3-4-19-7-13(16)17/h5-6,12-13,18H,3-4,7H2,1-2H3. The summed E-state index contributed by atoms with van der Waals surface area (Å²) in [4.78, 5) is 0. The maximum Gasteiger partial charge on any atom is 0.261 e. The summed E-state index contributed by atoms with van der Waals surface area (Å²) in [5.41, 5.74) is 0.646. The molecule has 1 atom stereocenters. The van der Waals surface area contributed by atoms with Gasteiger partial charge in [-0.05, 0) is 32.0 Å². The monoisotopic (exact) mass is 279 g/mol. The minimum absolute atomic E-state index is 0.0751. The molecule has 1 aromatic carbocycles. The number of halogens is 4. The largest absolute Gasteiger partial charge is 0.375 e. The molecule has 1 unspecified atom stereocenters. The molecule has 2 nitrogen and oxygen atoms in total. The van der Waals surface area contributed by atoms with Crippen LogP contribution in [-0.4, -0.2) is 26.7 Å². The maximum absolute atomic E-state index is 13.7. The predicted molar refractivity (Wildman–Crippen MR) is 64.3 cm³/mol. The van der Waals surface area contributed by atoms with E-state index >= 15 is 0 Å². The Labute approximate surface area is 109 Å². The van der Waals surface area contributed by atoms with Crippen molar-refractivity contribution in [3.8, 4) is 0 Å². The summed E-state index contributed by atoms with van der Waals surface area (Å²) in [5, 5.41) is 2.86. The van der Waals surface area contributed by atoms with Crippen LogP contribution in [-0.2, 0) is 4.74 Å². The van der Waals surface area contributed by atoms with E-state index in [0.29, 0.717) is 17.5 Å². The molecule has 0 aromatic heterocycles. The van der Waals surface area contributed by atoms with E-state index in [1.54, 1.807) is 7.05 Å². The highest BCUT2D eigenvalue weighted by molar-refractivity contribution is 5.28. The Morgan fingerprint density at radius 3 is 2.47 bits per heavy atom. The van der Waals surface area contributed by atoms with E-state index in [9.17, 15) is 17.6 Å². The first kappa shape index (κ1) is 15.9. The first-order valence-corrected chi connectivity index (χ1v) is 5.94. The topological polar surface area (TPSA) is 21.3 Å². The summed E-state index contributed by atoms with van der Waals surface area (Å²) in [7, 11) is 1.62. The molecule has 0 spiro atoms. The minimum Gasteiger partial charge on any atom is -0.375 e. The first-order valence-electron chi connectivity index (χ1n) is 5.94. The minimum atomic E-state index is -2.52. The van der Waals surface area contributed by atoms with Gasteiger partial charge in [0.2, 0.25) is 0 Å². The van der Waals surface area contributed by atoms with Crippen LogP contribution in [0.15, 0.2) is 12.1 Å². The van der Waals surface area contributed by atoms with Gasteiger partial charge in [-0.2, -0.15) is 0 Å². The lowest BCUT2D eigenvalue weighted by Crippen LogP contribution is -2.20. The number of nitrogens with one attached hydrogen (secondary N) is 1. The Kier molecular flexibility index (Phi) is 6.24. The summed E-state index contributed by atoms with van der Waals surface area (Å²) < 4.78 is 55.3. The second-order valence-electron chi connectivity index (χ2n) is 4.22. The van der Waals surface area contributed by atoms with Crippen molar-refractivity contribution in [3.05, 3.63) is 34.9 Å². The summed E-state index contributed by atoms with van der Waals surface area (Å²) in [6.07, 6.45) is -2.19. The first-order chi connectivity index (χ1) is 8.95. The van der Waals surface area contributed by atoms with Crippen LogP contribution in [0.2, 0.25) is 0 Å². The number of aryl methyl sites for hydroxylation is 1. The molecule has 1 rings (SSSR count). The average Bonchev–Trinajstić information content (AvgIpc) is 2.34. The second kappa shape index (κ2) is 7.45. The van der Waals surface area contributed by atoms with E-state index in [1.165, 1.54) is 13.0 Å². The third-order valence-corrected chi connectivity index (χ3v) is 2.80. The number of rotatable bonds is 7. The quantitative estimate of drug-likeness (QED) is 0.611. The van der Waals surface area contributed by atoms with Crippen LogP contribution in [0.1, 0.15) is 23.6 Å². The van der Waals surface area contributed by atoms with E-state index in [0.717, 1.165) is 6.07 Å². The number of ether oxygens (including phenoxy) is 1. The highest BCUT2D eigenvalue weighted by Gasteiger charge is 2.16. The van der Waals surface area contributed by atoms with Crippen LogP contribution >= 0.6 is 0 Å². The molecule has 0 heterocycles. The van der Waals surface area contributed by atoms with Gasteiger partial charge in [-0.25, -0.2) is 17.6 Å². The Bertz CT molecular complexity index is 412. The van der Waals surface area contributed by atoms with E-state index in [1.807, 2.05) is 0 Å². The van der Waals surface area contributed by atoms with Crippen LogP contribution in [0, 0.1) is 18.6 Å². The number of alkyl halides is 2. The second-order valence-corrected chi connectivity index (χ2v) is 4.22. The fraction of sp³-hybridized carbons (Fsp3) is 0.538. The van der Waals surface area contributed by atoms with Crippen LogP contribution in [0.5, 0.6) is 0 Å². The molecule has 108 valence electrons. The van der Waals surface area contributed by atoms with Crippen molar-refractivity contribution in [2.24, 2.45) is 0 Å². The van der Waals surface area contributed by atoms with Crippen molar-refractivity contribution < 1.29 is 22.3 Å². The lowest BCUT2D eigenvalue weighted by molar-refractivity contribution is 0.0144. The van der Waals surface area contributed by atoms with Gasteiger partial charge in [-0.1, -0.05) is 0 Å². The number of hydrogen-bond acceptors (Lipinski definition) is 2. The van der Waals surface area contributed by atoms with Gasteiger partial charge in [0.15, 0.2) is 0 Å². The molecule has 6 heteroatoms.